The molecular formula is C25H21N3O4. The van der Waals surface area contributed by atoms with Gasteiger partial charge in [-0.3, -0.25) is 9.69 Å². The maximum absolute atomic E-state index is 12.8. The van der Waals surface area contributed by atoms with Crippen LogP contribution in [-0.4, -0.2) is 21.7 Å². The van der Waals surface area contributed by atoms with E-state index >= 15 is 0 Å². The number of H-pyrrole nitrogens is 1. The molecular weight excluding hydrogens is 406 g/mol. The van der Waals surface area contributed by atoms with Gasteiger partial charge in [0.25, 0.3) is 5.56 Å². The largest absolute Gasteiger partial charge is 0.444 e. The maximum atomic E-state index is 12.8. The van der Waals surface area contributed by atoms with E-state index in [2.05, 4.69) is 9.97 Å². The number of benzene rings is 2. The van der Waals surface area contributed by atoms with E-state index in [1.54, 1.807) is 23.4 Å². The van der Waals surface area contributed by atoms with Crippen LogP contribution in [0.2, 0.25) is 0 Å². The molecule has 32 heavy (non-hydrogen) atoms. The predicted molar refractivity (Wildman–Crippen MR) is 120 cm³/mol. The summed E-state index contributed by atoms with van der Waals surface area (Å²) < 4.78 is 11.0. The second kappa shape index (κ2) is 7.53. The van der Waals surface area contributed by atoms with Crippen molar-refractivity contribution >= 4 is 11.8 Å². The van der Waals surface area contributed by atoms with Crippen LogP contribution in [0.3, 0.4) is 0 Å². The zero-order valence-corrected chi connectivity index (χ0v) is 17.6. The van der Waals surface area contributed by atoms with Gasteiger partial charge in [-0.25, -0.2) is 9.78 Å². The van der Waals surface area contributed by atoms with Crippen molar-refractivity contribution in [2.24, 2.45) is 0 Å². The van der Waals surface area contributed by atoms with Crippen molar-refractivity contribution in [3.63, 3.8) is 0 Å². The smallest absolute Gasteiger partial charge is 0.415 e. The molecule has 2 aromatic heterocycles. The van der Waals surface area contributed by atoms with Crippen LogP contribution in [-0.2, 0) is 4.74 Å². The molecule has 7 nitrogen and oxygen atoms in total. The molecule has 0 aliphatic carbocycles. The fourth-order valence-corrected chi connectivity index (χ4v) is 4.18. The second-order valence-corrected chi connectivity index (χ2v) is 8.17. The van der Waals surface area contributed by atoms with Crippen molar-refractivity contribution in [1.82, 2.24) is 9.97 Å². The number of oxazole rings is 1. The molecule has 0 bridgehead atoms. The van der Waals surface area contributed by atoms with Gasteiger partial charge in [0, 0.05) is 17.4 Å². The molecule has 2 aromatic carbocycles. The van der Waals surface area contributed by atoms with Crippen LogP contribution in [0.5, 0.6) is 0 Å². The Kier molecular flexibility index (Phi) is 4.66. The number of aromatic nitrogens is 2. The molecule has 7 heteroatoms. The van der Waals surface area contributed by atoms with Crippen molar-refractivity contribution in [2.45, 2.75) is 25.5 Å². The summed E-state index contributed by atoms with van der Waals surface area (Å²) in [6, 6.07) is 18.6. The summed E-state index contributed by atoms with van der Waals surface area (Å²) >= 11 is 0. The molecule has 0 saturated carbocycles. The molecule has 1 atom stereocenters. The first-order valence-electron chi connectivity index (χ1n) is 10.2. The summed E-state index contributed by atoms with van der Waals surface area (Å²) in [6.45, 7) is 3.81. The quantitative estimate of drug-likeness (QED) is 0.485. The minimum absolute atomic E-state index is 0.225. The highest BCUT2D eigenvalue weighted by Crippen LogP contribution is 2.43. The van der Waals surface area contributed by atoms with Crippen molar-refractivity contribution in [1.29, 1.82) is 0 Å². The highest BCUT2D eigenvalue weighted by molar-refractivity contribution is 5.92. The number of anilines is 1. The molecule has 1 amide bonds. The van der Waals surface area contributed by atoms with Crippen LogP contribution in [0, 0.1) is 0 Å². The van der Waals surface area contributed by atoms with E-state index < -0.39 is 11.7 Å². The van der Waals surface area contributed by atoms with Gasteiger partial charge in [-0.2, -0.15) is 0 Å². The van der Waals surface area contributed by atoms with E-state index in [1.165, 1.54) is 6.26 Å². The molecule has 0 unspecified atom stereocenters. The van der Waals surface area contributed by atoms with Gasteiger partial charge < -0.3 is 14.1 Å². The molecule has 4 aromatic rings. The number of cyclic esters (lactones) is 1. The Balaban J connectivity index is 1.52. The molecule has 1 saturated heterocycles. The number of nitrogens with zero attached hydrogens (tertiary/aromatic N) is 2. The lowest BCUT2D eigenvalue weighted by molar-refractivity contribution is 0.0685. The topological polar surface area (TPSA) is 88.4 Å². The van der Waals surface area contributed by atoms with Gasteiger partial charge in [0.2, 0.25) is 5.89 Å². The van der Waals surface area contributed by atoms with Crippen LogP contribution in [0.25, 0.3) is 22.6 Å². The van der Waals surface area contributed by atoms with Gasteiger partial charge in [0.05, 0.1) is 11.8 Å². The Labute approximate surface area is 184 Å². The van der Waals surface area contributed by atoms with Gasteiger partial charge >= 0.3 is 6.09 Å². The van der Waals surface area contributed by atoms with E-state index in [9.17, 15) is 9.59 Å². The lowest BCUT2D eigenvalue weighted by atomic mass is 9.91. The number of ether oxygens (including phenoxy) is 1. The average Bonchev–Trinajstić information content (AvgIpc) is 3.40. The number of amides is 1. The number of aromatic amines is 1. The Morgan fingerprint density at radius 2 is 1.75 bits per heavy atom. The standard InChI is InChI=1S/C25H21N3O4/c1-25(2)21(17-6-4-3-5-7-17)28(24(30)32-25)19-10-8-16(9-11-19)20-14-18(15-27-22(20)29)23-26-12-13-31-23/h3-15,21H,1-2H3,(H,27,29)/t21-/m0/s1. The van der Waals surface area contributed by atoms with E-state index in [0.29, 0.717) is 28.3 Å². The molecule has 0 spiro atoms. The van der Waals surface area contributed by atoms with Crippen LogP contribution in [0.4, 0.5) is 10.5 Å². The third-order valence-electron chi connectivity index (χ3n) is 5.62. The Bertz CT molecular complexity index is 1310. The highest BCUT2D eigenvalue weighted by Gasteiger charge is 2.49. The first-order valence-corrected chi connectivity index (χ1v) is 10.2. The van der Waals surface area contributed by atoms with Crippen LogP contribution in [0.1, 0.15) is 25.5 Å². The van der Waals surface area contributed by atoms with Crippen LogP contribution in [0.15, 0.2) is 88.5 Å². The Morgan fingerprint density at radius 3 is 2.44 bits per heavy atom. The Hall–Kier alpha value is -4.13. The van der Waals surface area contributed by atoms with Crippen molar-refractivity contribution in [3.05, 3.63) is 95.2 Å². The van der Waals surface area contributed by atoms with E-state index in [-0.39, 0.29) is 11.6 Å². The summed E-state index contributed by atoms with van der Waals surface area (Å²) in [6.07, 6.45) is 4.20. The lowest BCUT2D eigenvalue weighted by Crippen LogP contribution is -2.33. The molecule has 0 radical (unpaired) electrons. The summed E-state index contributed by atoms with van der Waals surface area (Å²) in [5.41, 5.74) is 2.63. The van der Waals surface area contributed by atoms with Crippen molar-refractivity contribution < 1.29 is 13.9 Å². The van der Waals surface area contributed by atoms with Crippen molar-refractivity contribution in [2.75, 3.05) is 4.90 Å². The third kappa shape index (κ3) is 3.37. The van der Waals surface area contributed by atoms with Gasteiger partial charge in [0.15, 0.2) is 0 Å². The number of hydrogen-bond donors (Lipinski definition) is 1. The second-order valence-electron chi connectivity index (χ2n) is 8.17. The Morgan fingerprint density at radius 1 is 1.00 bits per heavy atom. The van der Waals surface area contributed by atoms with Gasteiger partial charge in [-0.15, -0.1) is 0 Å². The molecule has 1 N–H and O–H groups in total. The summed E-state index contributed by atoms with van der Waals surface area (Å²) in [7, 11) is 0. The molecule has 3 heterocycles. The number of pyridine rings is 1. The fourth-order valence-electron chi connectivity index (χ4n) is 4.18. The average molecular weight is 427 g/mol. The summed E-state index contributed by atoms with van der Waals surface area (Å²) in [5, 5.41) is 0. The number of nitrogens with one attached hydrogen (secondary N) is 1. The normalized spacial score (nSPS) is 17.4. The van der Waals surface area contributed by atoms with Gasteiger partial charge in [-0.05, 0) is 43.2 Å². The maximum Gasteiger partial charge on any atom is 0.415 e. The predicted octanol–water partition coefficient (Wildman–Crippen LogP) is 5.17. The minimum atomic E-state index is -0.696. The summed E-state index contributed by atoms with van der Waals surface area (Å²) in [4.78, 5) is 33.8. The SMILES string of the molecule is CC1(C)OC(=O)N(c2ccc(-c3cc(-c4ncco4)c[nH]c3=O)cc2)[C@H]1c1ccccc1. The number of hydrogen-bond acceptors (Lipinski definition) is 5. The van der Waals surface area contributed by atoms with Crippen molar-refractivity contribution in [3.8, 4) is 22.6 Å². The minimum Gasteiger partial charge on any atom is -0.444 e. The highest BCUT2D eigenvalue weighted by atomic mass is 16.6. The number of carbonyl (C=O) groups is 1. The zero-order chi connectivity index (χ0) is 22.3. The number of carbonyl (C=O) groups excluding carboxylic acids is 1. The van der Waals surface area contributed by atoms with Crippen LogP contribution < -0.4 is 10.5 Å². The first-order chi connectivity index (χ1) is 15.4. The molecule has 1 aliphatic heterocycles. The van der Waals surface area contributed by atoms with E-state index in [0.717, 1.165) is 5.56 Å². The first kappa shape index (κ1) is 19.8. The lowest BCUT2D eigenvalue weighted by Gasteiger charge is -2.29. The van der Waals surface area contributed by atoms with Gasteiger partial charge in [0.1, 0.15) is 17.9 Å². The number of rotatable bonds is 4. The molecule has 5 rings (SSSR count). The third-order valence-corrected chi connectivity index (χ3v) is 5.62. The molecule has 1 fully saturated rings. The van der Waals surface area contributed by atoms with E-state index in [1.807, 2.05) is 68.4 Å². The van der Waals surface area contributed by atoms with Crippen LogP contribution >= 0.6 is 0 Å². The van der Waals surface area contributed by atoms with E-state index in [4.69, 9.17) is 9.15 Å². The zero-order valence-electron chi connectivity index (χ0n) is 17.6. The molecule has 160 valence electrons. The monoisotopic (exact) mass is 427 g/mol. The summed E-state index contributed by atoms with van der Waals surface area (Å²) in [5.74, 6) is 0.423. The fraction of sp³-hybridized carbons (Fsp3) is 0.160. The van der Waals surface area contributed by atoms with Gasteiger partial charge in [-0.1, -0.05) is 42.5 Å². The molecule has 1 aliphatic rings.